The normalized spacial score (nSPS) is 26.2. The molecule has 2 aromatic rings. The quantitative estimate of drug-likeness (QED) is 0.721. The summed E-state index contributed by atoms with van der Waals surface area (Å²) in [6.07, 6.45) is 3.55. The van der Waals surface area contributed by atoms with Crippen molar-refractivity contribution in [2.75, 3.05) is 0 Å². The molecule has 1 aliphatic heterocycles. The van der Waals surface area contributed by atoms with Gasteiger partial charge in [0.25, 0.3) is 0 Å². The monoisotopic (exact) mass is 365 g/mol. The van der Waals surface area contributed by atoms with E-state index < -0.39 is 6.29 Å². The van der Waals surface area contributed by atoms with Crippen LogP contribution in [0, 0.1) is 5.92 Å². The molecule has 0 aromatic heterocycles. The Morgan fingerprint density at radius 1 is 1.04 bits per heavy atom. The summed E-state index contributed by atoms with van der Waals surface area (Å²) in [5.74, 6) is 0.228. The Hall–Kier alpha value is -2.33. The van der Waals surface area contributed by atoms with E-state index in [1.807, 2.05) is 48.2 Å². The van der Waals surface area contributed by atoms with Gasteiger partial charge in [-0.25, -0.2) is 4.79 Å². The van der Waals surface area contributed by atoms with Gasteiger partial charge in [0, 0.05) is 18.5 Å². The first-order chi connectivity index (χ1) is 13.2. The molecule has 0 bridgehead atoms. The zero-order valence-corrected chi connectivity index (χ0v) is 15.8. The van der Waals surface area contributed by atoms with Crippen LogP contribution in [0.5, 0.6) is 0 Å². The highest BCUT2D eigenvalue weighted by Crippen LogP contribution is 2.39. The van der Waals surface area contributed by atoms with Gasteiger partial charge in [-0.3, -0.25) is 0 Å². The van der Waals surface area contributed by atoms with Crippen molar-refractivity contribution in [1.29, 1.82) is 0 Å². The van der Waals surface area contributed by atoms with Gasteiger partial charge < -0.3 is 14.4 Å². The average Bonchev–Trinajstić information content (AvgIpc) is 2.72. The lowest BCUT2D eigenvalue weighted by Crippen LogP contribution is -2.56. The predicted molar refractivity (Wildman–Crippen MR) is 104 cm³/mol. The average molecular weight is 365 g/mol. The third-order valence-corrected chi connectivity index (χ3v) is 5.79. The van der Waals surface area contributed by atoms with E-state index in [2.05, 4.69) is 24.3 Å². The summed E-state index contributed by atoms with van der Waals surface area (Å²) >= 11 is 0. The second kappa shape index (κ2) is 8.13. The van der Waals surface area contributed by atoms with Gasteiger partial charge in [0.05, 0.1) is 6.10 Å². The fourth-order valence-electron chi connectivity index (χ4n) is 4.33. The molecule has 27 heavy (non-hydrogen) atoms. The van der Waals surface area contributed by atoms with Gasteiger partial charge in [0.2, 0.25) is 6.29 Å². The molecule has 2 fully saturated rings. The number of ether oxygens (including phenoxy) is 2. The minimum absolute atomic E-state index is 0.104. The molecule has 4 atom stereocenters. The van der Waals surface area contributed by atoms with E-state index in [1.165, 1.54) is 0 Å². The SMILES string of the molecule is CC(OC1OC(=O)N(Cc2ccccc2)C2CCCCC12)c1ccccc1. The Labute approximate surface area is 161 Å². The number of amides is 1. The van der Waals surface area contributed by atoms with Crippen molar-refractivity contribution in [2.24, 2.45) is 5.92 Å². The number of fused-ring (bicyclic) bond motifs is 1. The summed E-state index contributed by atoms with van der Waals surface area (Å²) in [7, 11) is 0. The number of cyclic esters (lactones) is 1. The molecular formula is C23H27NO3. The van der Waals surface area contributed by atoms with Crippen LogP contribution < -0.4 is 0 Å². The molecule has 4 unspecified atom stereocenters. The number of nitrogens with zero attached hydrogens (tertiary/aromatic N) is 1. The molecule has 0 N–H and O–H groups in total. The predicted octanol–water partition coefficient (Wildman–Crippen LogP) is 5.30. The van der Waals surface area contributed by atoms with Crippen molar-refractivity contribution < 1.29 is 14.3 Å². The molecule has 1 saturated heterocycles. The molecule has 2 aromatic carbocycles. The summed E-state index contributed by atoms with van der Waals surface area (Å²) in [4.78, 5) is 14.7. The molecular weight excluding hydrogens is 338 g/mol. The van der Waals surface area contributed by atoms with E-state index in [-0.39, 0.29) is 24.2 Å². The van der Waals surface area contributed by atoms with Crippen LogP contribution in [-0.4, -0.2) is 23.3 Å². The lowest BCUT2D eigenvalue weighted by Gasteiger charge is -2.47. The molecule has 0 radical (unpaired) electrons. The molecule has 1 heterocycles. The Bertz CT molecular complexity index is 749. The number of hydrogen-bond donors (Lipinski definition) is 0. The van der Waals surface area contributed by atoms with Crippen LogP contribution in [0.15, 0.2) is 60.7 Å². The van der Waals surface area contributed by atoms with Gasteiger partial charge in [0.15, 0.2) is 0 Å². The Kier molecular flexibility index (Phi) is 5.44. The summed E-state index contributed by atoms with van der Waals surface area (Å²) in [6, 6.07) is 20.4. The molecule has 142 valence electrons. The fraction of sp³-hybridized carbons (Fsp3) is 0.435. The van der Waals surface area contributed by atoms with E-state index >= 15 is 0 Å². The zero-order valence-electron chi connectivity index (χ0n) is 15.8. The molecule has 2 aliphatic rings. The maximum Gasteiger partial charge on any atom is 0.412 e. The maximum atomic E-state index is 12.8. The van der Waals surface area contributed by atoms with Gasteiger partial charge in [-0.2, -0.15) is 0 Å². The van der Waals surface area contributed by atoms with E-state index in [0.29, 0.717) is 6.54 Å². The van der Waals surface area contributed by atoms with Gasteiger partial charge in [-0.05, 0) is 30.9 Å². The summed E-state index contributed by atoms with van der Waals surface area (Å²) in [6.45, 7) is 2.62. The molecule has 1 amide bonds. The molecule has 1 saturated carbocycles. The van der Waals surface area contributed by atoms with E-state index in [9.17, 15) is 4.79 Å². The molecule has 1 aliphatic carbocycles. The van der Waals surface area contributed by atoms with Crippen molar-refractivity contribution in [3.63, 3.8) is 0 Å². The Balaban J connectivity index is 1.50. The van der Waals surface area contributed by atoms with Crippen LogP contribution in [-0.2, 0) is 16.0 Å². The largest absolute Gasteiger partial charge is 0.419 e. The minimum Gasteiger partial charge on any atom is -0.419 e. The number of carbonyl (C=O) groups excluding carboxylic acids is 1. The zero-order chi connectivity index (χ0) is 18.6. The van der Waals surface area contributed by atoms with E-state index in [4.69, 9.17) is 9.47 Å². The topological polar surface area (TPSA) is 38.8 Å². The van der Waals surface area contributed by atoms with E-state index in [1.54, 1.807) is 0 Å². The van der Waals surface area contributed by atoms with Crippen molar-refractivity contribution in [3.8, 4) is 0 Å². The van der Waals surface area contributed by atoms with Crippen molar-refractivity contribution >= 4 is 6.09 Å². The van der Waals surface area contributed by atoms with Crippen LogP contribution >= 0.6 is 0 Å². The summed E-state index contributed by atoms with van der Waals surface area (Å²) < 4.78 is 12.0. The highest BCUT2D eigenvalue weighted by Gasteiger charge is 2.45. The molecule has 4 nitrogen and oxygen atoms in total. The number of hydrogen-bond acceptors (Lipinski definition) is 3. The highest BCUT2D eigenvalue weighted by molar-refractivity contribution is 5.69. The lowest BCUT2D eigenvalue weighted by molar-refractivity contribution is -0.209. The number of carbonyl (C=O) groups is 1. The van der Waals surface area contributed by atoms with Crippen molar-refractivity contribution in [2.45, 2.75) is 57.6 Å². The summed E-state index contributed by atoms with van der Waals surface area (Å²) in [5, 5.41) is 0. The third-order valence-electron chi connectivity index (χ3n) is 5.79. The maximum absolute atomic E-state index is 12.8. The van der Waals surface area contributed by atoms with E-state index in [0.717, 1.165) is 36.8 Å². The molecule has 4 heteroatoms. The first-order valence-electron chi connectivity index (χ1n) is 9.94. The fourth-order valence-corrected chi connectivity index (χ4v) is 4.33. The van der Waals surface area contributed by atoms with Crippen molar-refractivity contribution in [1.82, 2.24) is 4.90 Å². The Morgan fingerprint density at radius 2 is 1.70 bits per heavy atom. The molecule has 4 rings (SSSR count). The van der Waals surface area contributed by atoms with Gasteiger partial charge in [-0.1, -0.05) is 73.5 Å². The first kappa shape index (κ1) is 18.1. The molecule has 0 spiro atoms. The van der Waals surface area contributed by atoms with Gasteiger partial charge in [0.1, 0.15) is 0 Å². The van der Waals surface area contributed by atoms with Gasteiger partial charge in [-0.15, -0.1) is 0 Å². The van der Waals surface area contributed by atoms with Crippen LogP contribution in [0.2, 0.25) is 0 Å². The standard InChI is InChI=1S/C23H27NO3/c1-17(19-12-6-3-7-13-19)26-22-20-14-8-9-15-21(20)24(23(25)27-22)16-18-10-4-2-5-11-18/h2-7,10-13,17,20-22H,8-9,14-16H2,1H3. The Morgan fingerprint density at radius 3 is 2.44 bits per heavy atom. The number of benzene rings is 2. The van der Waals surface area contributed by atoms with Crippen molar-refractivity contribution in [3.05, 3.63) is 71.8 Å². The minimum atomic E-state index is -0.468. The van der Waals surface area contributed by atoms with Crippen LogP contribution in [0.1, 0.15) is 49.8 Å². The highest BCUT2D eigenvalue weighted by atomic mass is 16.7. The first-order valence-corrected chi connectivity index (χ1v) is 9.94. The van der Waals surface area contributed by atoms with Gasteiger partial charge >= 0.3 is 6.09 Å². The van der Waals surface area contributed by atoms with Crippen LogP contribution in [0.3, 0.4) is 0 Å². The summed E-state index contributed by atoms with van der Waals surface area (Å²) in [5.41, 5.74) is 2.24. The second-order valence-electron chi connectivity index (χ2n) is 7.57. The lowest BCUT2D eigenvalue weighted by atomic mass is 9.82. The smallest absolute Gasteiger partial charge is 0.412 e. The number of rotatable bonds is 5. The second-order valence-corrected chi connectivity index (χ2v) is 7.57. The third kappa shape index (κ3) is 4.01. The van der Waals surface area contributed by atoms with Crippen LogP contribution in [0.25, 0.3) is 0 Å². The van der Waals surface area contributed by atoms with Crippen LogP contribution in [0.4, 0.5) is 4.79 Å².